The minimum absolute atomic E-state index is 0.106. The summed E-state index contributed by atoms with van der Waals surface area (Å²) in [4.78, 5) is 0. The van der Waals surface area contributed by atoms with Crippen molar-refractivity contribution < 1.29 is 9.84 Å². The second-order valence-electron chi connectivity index (χ2n) is 3.47. The van der Waals surface area contributed by atoms with Gasteiger partial charge in [-0.3, -0.25) is 0 Å². The van der Waals surface area contributed by atoms with Crippen LogP contribution in [-0.2, 0) is 0 Å². The van der Waals surface area contributed by atoms with Crippen molar-refractivity contribution in [3.63, 3.8) is 0 Å². The molecule has 0 atom stereocenters. The zero-order valence-corrected chi connectivity index (χ0v) is 9.16. The SMILES string of the molecule is CC(C)Oc1cccc(C#CCCO)c1. The lowest BCUT2D eigenvalue weighted by Crippen LogP contribution is -2.05. The van der Waals surface area contributed by atoms with Crippen LogP contribution in [0.3, 0.4) is 0 Å². The molecule has 0 aliphatic heterocycles. The highest BCUT2D eigenvalue weighted by Crippen LogP contribution is 2.13. The molecule has 0 radical (unpaired) electrons. The number of rotatable bonds is 3. The molecular formula is C13H16O2. The molecule has 0 aromatic heterocycles. The second-order valence-corrected chi connectivity index (χ2v) is 3.47. The molecule has 1 N–H and O–H groups in total. The first-order valence-electron chi connectivity index (χ1n) is 5.09. The van der Waals surface area contributed by atoms with Crippen molar-refractivity contribution in [3.05, 3.63) is 29.8 Å². The second kappa shape index (κ2) is 6.10. The Morgan fingerprint density at radius 1 is 1.40 bits per heavy atom. The number of hydrogen-bond acceptors (Lipinski definition) is 2. The third-order valence-electron chi connectivity index (χ3n) is 1.68. The number of benzene rings is 1. The van der Waals surface area contributed by atoms with Gasteiger partial charge in [0.15, 0.2) is 0 Å². The summed E-state index contributed by atoms with van der Waals surface area (Å²) < 4.78 is 5.54. The molecule has 0 saturated carbocycles. The van der Waals surface area contributed by atoms with Gasteiger partial charge in [-0.1, -0.05) is 17.9 Å². The van der Waals surface area contributed by atoms with Gasteiger partial charge in [0, 0.05) is 12.0 Å². The molecule has 0 heterocycles. The van der Waals surface area contributed by atoms with Crippen molar-refractivity contribution in [2.24, 2.45) is 0 Å². The average molecular weight is 204 g/mol. The van der Waals surface area contributed by atoms with Crippen LogP contribution in [0.25, 0.3) is 0 Å². The predicted molar refractivity (Wildman–Crippen MR) is 60.8 cm³/mol. The summed E-state index contributed by atoms with van der Waals surface area (Å²) in [5, 5.41) is 8.59. The van der Waals surface area contributed by atoms with Gasteiger partial charge >= 0.3 is 0 Å². The molecule has 0 amide bonds. The lowest BCUT2D eigenvalue weighted by atomic mass is 10.2. The van der Waals surface area contributed by atoms with Crippen LogP contribution in [0, 0.1) is 11.8 Å². The van der Waals surface area contributed by atoms with E-state index in [0.29, 0.717) is 6.42 Å². The van der Waals surface area contributed by atoms with Crippen molar-refractivity contribution in [3.8, 4) is 17.6 Å². The van der Waals surface area contributed by atoms with Gasteiger partial charge in [-0.2, -0.15) is 0 Å². The van der Waals surface area contributed by atoms with E-state index in [-0.39, 0.29) is 12.7 Å². The highest BCUT2D eigenvalue weighted by atomic mass is 16.5. The van der Waals surface area contributed by atoms with Gasteiger partial charge in [0.1, 0.15) is 5.75 Å². The van der Waals surface area contributed by atoms with Gasteiger partial charge in [-0.25, -0.2) is 0 Å². The molecule has 0 unspecified atom stereocenters. The van der Waals surface area contributed by atoms with E-state index in [0.717, 1.165) is 11.3 Å². The lowest BCUT2D eigenvalue weighted by molar-refractivity contribution is 0.242. The maximum absolute atomic E-state index is 8.59. The van der Waals surface area contributed by atoms with E-state index in [2.05, 4.69) is 11.8 Å². The smallest absolute Gasteiger partial charge is 0.120 e. The van der Waals surface area contributed by atoms with Crippen LogP contribution in [-0.4, -0.2) is 17.8 Å². The van der Waals surface area contributed by atoms with Crippen molar-refractivity contribution >= 4 is 0 Å². The standard InChI is InChI=1S/C13H16O2/c1-11(2)15-13-8-5-7-12(10-13)6-3-4-9-14/h5,7-8,10-11,14H,4,9H2,1-2H3. The Labute approximate surface area is 90.9 Å². The van der Waals surface area contributed by atoms with E-state index in [1.54, 1.807) is 0 Å². The first-order valence-corrected chi connectivity index (χ1v) is 5.09. The molecule has 15 heavy (non-hydrogen) atoms. The lowest BCUT2D eigenvalue weighted by Gasteiger charge is -2.09. The highest BCUT2D eigenvalue weighted by Gasteiger charge is 1.97. The van der Waals surface area contributed by atoms with Crippen LogP contribution in [0.2, 0.25) is 0 Å². The monoisotopic (exact) mass is 204 g/mol. The van der Waals surface area contributed by atoms with Crippen molar-refractivity contribution in [2.75, 3.05) is 6.61 Å². The molecule has 0 bridgehead atoms. The summed E-state index contributed by atoms with van der Waals surface area (Å²) in [6, 6.07) is 7.67. The maximum Gasteiger partial charge on any atom is 0.120 e. The van der Waals surface area contributed by atoms with Crippen LogP contribution in [0.5, 0.6) is 5.75 Å². The van der Waals surface area contributed by atoms with E-state index < -0.39 is 0 Å². The Bertz CT molecular complexity index is 358. The fourth-order valence-electron chi connectivity index (χ4n) is 1.14. The van der Waals surface area contributed by atoms with Crippen LogP contribution < -0.4 is 4.74 Å². The van der Waals surface area contributed by atoms with Gasteiger partial charge in [0.25, 0.3) is 0 Å². The van der Waals surface area contributed by atoms with Gasteiger partial charge in [-0.15, -0.1) is 0 Å². The zero-order chi connectivity index (χ0) is 11.1. The fraction of sp³-hybridized carbons (Fsp3) is 0.385. The summed E-state index contributed by atoms with van der Waals surface area (Å²) in [7, 11) is 0. The first-order chi connectivity index (χ1) is 7.22. The molecule has 0 aliphatic rings. The van der Waals surface area contributed by atoms with Gasteiger partial charge in [0.05, 0.1) is 12.7 Å². The zero-order valence-electron chi connectivity index (χ0n) is 9.16. The molecule has 1 aromatic carbocycles. The minimum atomic E-state index is 0.106. The molecule has 0 aliphatic carbocycles. The average Bonchev–Trinajstić information content (AvgIpc) is 2.18. The molecule has 0 saturated heterocycles. The Kier molecular flexibility index (Phi) is 4.73. The molecule has 2 heteroatoms. The molecule has 1 aromatic rings. The summed E-state index contributed by atoms with van der Waals surface area (Å²) in [5.74, 6) is 6.68. The Hall–Kier alpha value is -1.46. The summed E-state index contributed by atoms with van der Waals surface area (Å²) in [6.45, 7) is 4.09. The molecule has 2 nitrogen and oxygen atoms in total. The Balaban J connectivity index is 2.71. The fourth-order valence-corrected chi connectivity index (χ4v) is 1.14. The number of aliphatic hydroxyl groups excluding tert-OH is 1. The van der Waals surface area contributed by atoms with Gasteiger partial charge in [-0.05, 0) is 32.0 Å². The van der Waals surface area contributed by atoms with Crippen LogP contribution in [0.1, 0.15) is 25.8 Å². The van der Waals surface area contributed by atoms with Gasteiger partial charge < -0.3 is 9.84 Å². The summed E-state index contributed by atoms with van der Waals surface area (Å²) >= 11 is 0. The van der Waals surface area contributed by atoms with Crippen LogP contribution in [0.4, 0.5) is 0 Å². The van der Waals surface area contributed by atoms with E-state index in [1.807, 2.05) is 38.1 Å². The number of hydrogen-bond donors (Lipinski definition) is 1. The van der Waals surface area contributed by atoms with E-state index in [4.69, 9.17) is 9.84 Å². The molecule has 80 valence electrons. The summed E-state index contributed by atoms with van der Waals surface area (Å²) in [6.07, 6.45) is 0.681. The minimum Gasteiger partial charge on any atom is -0.491 e. The maximum atomic E-state index is 8.59. The van der Waals surface area contributed by atoms with Crippen molar-refractivity contribution in [2.45, 2.75) is 26.4 Å². The molecule has 0 fully saturated rings. The van der Waals surface area contributed by atoms with Crippen LogP contribution in [0.15, 0.2) is 24.3 Å². The van der Waals surface area contributed by atoms with Crippen molar-refractivity contribution in [1.29, 1.82) is 0 Å². The van der Waals surface area contributed by atoms with Crippen molar-refractivity contribution in [1.82, 2.24) is 0 Å². The Morgan fingerprint density at radius 3 is 2.87 bits per heavy atom. The normalized spacial score (nSPS) is 9.60. The summed E-state index contributed by atoms with van der Waals surface area (Å²) in [5.41, 5.74) is 0.918. The largest absolute Gasteiger partial charge is 0.491 e. The highest BCUT2D eigenvalue weighted by molar-refractivity contribution is 5.39. The third-order valence-corrected chi connectivity index (χ3v) is 1.68. The Morgan fingerprint density at radius 2 is 2.20 bits per heavy atom. The van der Waals surface area contributed by atoms with E-state index >= 15 is 0 Å². The van der Waals surface area contributed by atoms with Crippen LogP contribution >= 0.6 is 0 Å². The molecule has 1 rings (SSSR count). The topological polar surface area (TPSA) is 29.5 Å². The molecule has 0 spiro atoms. The van der Waals surface area contributed by atoms with E-state index in [1.165, 1.54) is 0 Å². The van der Waals surface area contributed by atoms with E-state index in [9.17, 15) is 0 Å². The van der Waals surface area contributed by atoms with Gasteiger partial charge in [0.2, 0.25) is 0 Å². The number of ether oxygens (including phenoxy) is 1. The third kappa shape index (κ3) is 4.53. The molecular weight excluding hydrogens is 188 g/mol. The quantitative estimate of drug-likeness (QED) is 0.765. The number of aliphatic hydroxyl groups is 1. The predicted octanol–water partition coefficient (Wildman–Crippen LogP) is 2.21. The first kappa shape index (κ1) is 11.6.